The molecule has 0 bridgehead atoms. The number of hydrogen-bond acceptors (Lipinski definition) is 4. The standard InChI is InChI=1S/C14H13BrO4S/c1-7(14(17)18)3-10(16)13-5-8-4-9(15)11(19-2)6-12(8)20-13/h4-7H,3H2,1-2H3,(H,17,18)/t7-/m0/s1. The van der Waals surface area contributed by atoms with Gasteiger partial charge in [0.1, 0.15) is 5.75 Å². The molecular formula is C14H13BrO4S. The summed E-state index contributed by atoms with van der Waals surface area (Å²) in [6.07, 6.45) is 0.0143. The monoisotopic (exact) mass is 356 g/mol. The SMILES string of the molecule is COc1cc2sc(C(=O)C[C@H](C)C(=O)O)cc2cc1Br. The van der Waals surface area contributed by atoms with Crippen LogP contribution in [0.3, 0.4) is 0 Å². The van der Waals surface area contributed by atoms with Crippen LogP contribution in [0.4, 0.5) is 0 Å². The van der Waals surface area contributed by atoms with Crippen molar-refractivity contribution in [1.82, 2.24) is 0 Å². The van der Waals surface area contributed by atoms with Crippen LogP contribution in [0.25, 0.3) is 10.1 Å². The minimum atomic E-state index is -0.955. The number of halogens is 1. The van der Waals surface area contributed by atoms with Crippen LogP contribution in [0.2, 0.25) is 0 Å². The van der Waals surface area contributed by atoms with Crippen LogP contribution in [0.1, 0.15) is 23.0 Å². The number of benzene rings is 1. The number of rotatable bonds is 5. The summed E-state index contributed by atoms with van der Waals surface area (Å²) in [7, 11) is 1.58. The van der Waals surface area contributed by atoms with Gasteiger partial charge < -0.3 is 9.84 Å². The van der Waals surface area contributed by atoms with Crippen LogP contribution < -0.4 is 4.74 Å². The molecule has 4 nitrogen and oxygen atoms in total. The number of carbonyl (C=O) groups is 2. The van der Waals surface area contributed by atoms with Gasteiger partial charge in [0.15, 0.2) is 5.78 Å². The van der Waals surface area contributed by atoms with E-state index in [0.29, 0.717) is 10.6 Å². The zero-order valence-corrected chi connectivity index (χ0v) is 13.4. The quantitative estimate of drug-likeness (QED) is 0.823. The van der Waals surface area contributed by atoms with E-state index in [2.05, 4.69) is 15.9 Å². The average molecular weight is 357 g/mol. The number of ether oxygens (including phenoxy) is 1. The van der Waals surface area contributed by atoms with Gasteiger partial charge >= 0.3 is 5.97 Å². The molecule has 0 aliphatic heterocycles. The fraction of sp³-hybridized carbons (Fsp3) is 0.286. The Bertz CT molecular complexity index is 677. The molecule has 0 fully saturated rings. The largest absolute Gasteiger partial charge is 0.496 e. The zero-order valence-electron chi connectivity index (χ0n) is 11.0. The summed E-state index contributed by atoms with van der Waals surface area (Å²) in [6.45, 7) is 1.53. The minimum absolute atomic E-state index is 0.0143. The first-order chi connectivity index (χ1) is 9.42. The van der Waals surface area contributed by atoms with E-state index < -0.39 is 11.9 Å². The van der Waals surface area contributed by atoms with E-state index >= 15 is 0 Å². The topological polar surface area (TPSA) is 63.6 Å². The van der Waals surface area contributed by atoms with Crippen LogP contribution in [-0.4, -0.2) is 24.0 Å². The number of thiophene rings is 1. The van der Waals surface area contributed by atoms with Gasteiger partial charge in [-0.15, -0.1) is 11.3 Å². The van der Waals surface area contributed by atoms with Gasteiger partial charge in [-0.1, -0.05) is 6.92 Å². The first-order valence-corrected chi connectivity index (χ1v) is 7.56. The lowest BCUT2D eigenvalue weighted by Gasteiger charge is -2.02. The summed E-state index contributed by atoms with van der Waals surface area (Å²) >= 11 is 4.75. The van der Waals surface area contributed by atoms with Crippen molar-refractivity contribution in [3.63, 3.8) is 0 Å². The van der Waals surface area contributed by atoms with E-state index in [4.69, 9.17) is 9.84 Å². The number of carbonyl (C=O) groups excluding carboxylic acids is 1. The molecule has 20 heavy (non-hydrogen) atoms. The predicted molar refractivity (Wildman–Crippen MR) is 81.8 cm³/mol. The van der Waals surface area contributed by atoms with Gasteiger partial charge in [0.05, 0.1) is 22.4 Å². The molecule has 0 aliphatic rings. The molecule has 0 aliphatic carbocycles. The first-order valence-electron chi connectivity index (χ1n) is 5.95. The van der Waals surface area contributed by atoms with Crippen LogP contribution in [0.15, 0.2) is 22.7 Å². The molecule has 2 aromatic rings. The lowest BCUT2D eigenvalue weighted by atomic mass is 10.0. The second-order valence-corrected chi connectivity index (χ2v) is 6.44. The van der Waals surface area contributed by atoms with Crippen LogP contribution in [0, 0.1) is 5.92 Å². The van der Waals surface area contributed by atoms with Crippen molar-refractivity contribution in [3.8, 4) is 5.75 Å². The predicted octanol–water partition coefficient (Wildman–Crippen LogP) is 3.97. The highest BCUT2D eigenvalue weighted by Gasteiger charge is 2.19. The van der Waals surface area contributed by atoms with Crippen molar-refractivity contribution >= 4 is 49.1 Å². The normalized spacial score (nSPS) is 12.3. The number of hydrogen-bond donors (Lipinski definition) is 1. The summed E-state index contributed by atoms with van der Waals surface area (Å²) in [5.74, 6) is -1.06. The van der Waals surface area contributed by atoms with Gasteiger partial charge in [-0.25, -0.2) is 0 Å². The van der Waals surface area contributed by atoms with Crippen molar-refractivity contribution < 1.29 is 19.4 Å². The fourth-order valence-corrected chi connectivity index (χ4v) is 3.34. The van der Waals surface area contributed by atoms with Crippen molar-refractivity contribution in [2.24, 2.45) is 5.92 Å². The van der Waals surface area contributed by atoms with Gasteiger partial charge in [0, 0.05) is 11.1 Å². The molecule has 1 aromatic heterocycles. The minimum Gasteiger partial charge on any atom is -0.496 e. The third-order valence-electron chi connectivity index (χ3n) is 2.98. The molecule has 0 spiro atoms. The number of ketones is 1. The summed E-state index contributed by atoms with van der Waals surface area (Å²) in [5.41, 5.74) is 0. The highest BCUT2D eigenvalue weighted by Crippen LogP contribution is 2.35. The Kier molecular flexibility index (Phi) is 4.45. The molecule has 0 radical (unpaired) electrons. The smallest absolute Gasteiger partial charge is 0.306 e. The maximum atomic E-state index is 12.1. The Labute approximate surface area is 128 Å². The number of methoxy groups -OCH3 is 1. The Balaban J connectivity index is 2.32. The second-order valence-electron chi connectivity index (χ2n) is 4.50. The fourth-order valence-electron chi connectivity index (χ4n) is 1.80. The molecule has 1 heterocycles. The second kappa shape index (κ2) is 5.93. The number of carboxylic acid groups (broad SMARTS) is 1. The highest BCUT2D eigenvalue weighted by atomic mass is 79.9. The average Bonchev–Trinajstić information content (AvgIpc) is 2.80. The van der Waals surface area contributed by atoms with Gasteiger partial charge in [0.2, 0.25) is 0 Å². The lowest BCUT2D eigenvalue weighted by Crippen LogP contribution is -2.13. The number of carboxylic acids is 1. The van der Waals surface area contributed by atoms with E-state index in [9.17, 15) is 9.59 Å². The Hall–Kier alpha value is -1.40. The first kappa shape index (κ1) is 15.0. The molecular weight excluding hydrogens is 344 g/mol. The van der Waals surface area contributed by atoms with Gasteiger partial charge in [-0.3, -0.25) is 9.59 Å². The Morgan fingerprint density at radius 3 is 2.70 bits per heavy atom. The van der Waals surface area contributed by atoms with Gasteiger partial charge in [0.25, 0.3) is 0 Å². The molecule has 1 aromatic carbocycles. The van der Waals surface area contributed by atoms with Crippen LogP contribution >= 0.6 is 27.3 Å². The molecule has 0 amide bonds. The molecule has 0 saturated heterocycles. The summed E-state index contributed by atoms with van der Waals surface area (Å²) in [5, 5.41) is 9.79. The maximum Gasteiger partial charge on any atom is 0.306 e. The molecule has 106 valence electrons. The zero-order chi connectivity index (χ0) is 14.9. The number of fused-ring (bicyclic) bond motifs is 1. The molecule has 6 heteroatoms. The van der Waals surface area contributed by atoms with E-state index in [0.717, 1.165) is 14.6 Å². The lowest BCUT2D eigenvalue weighted by molar-refractivity contribution is -0.141. The molecule has 2 rings (SSSR count). The van der Waals surface area contributed by atoms with Crippen LogP contribution in [0.5, 0.6) is 5.75 Å². The van der Waals surface area contributed by atoms with E-state index in [-0.39, 0.29) is 12.2 Å². The maximum absolute atomic E-state index is 12.1. The van der Waals surface area contributed by atoms with Gasteiger partial charge in [-0.2, -0.15) is 0 Å². The van der Waals surface area contributed by atoms with E-state index in [1.165, 1.54) is 18.3 Å². The Morgan fingerprint density at radius 2 is 2.10 bits per heavy atom. The number of Topliss-reactive ketones (excluding diaryl/α,β-unsaturated/α-hetero) is 1. The van der Waals surface area contributed by atoms with Crippen molar-refractivity contribution in [2.75, 3.05) is 7.11 Å². The molecule has 0 saturated carbocycles. The third-order valence-corrected chi connectivity index (χ3v) is 4.74. The van der Waals surface area contributed by atoms with E-state index in [1.807, 2.05) is 12.1 Å². The summed E-state index contributed by atoms with van der Waals surface area (Å²) < 4.78 is 6.98. The van der Waals surface area contributed by atoms with Crippen LogP contribution in [-0.2, 0) is 4.79 Å². The summed E-state index contributed by atoms with van der Waals surface area (Å²) in [4.78, 5) is 23.4. The third kappa shape index (κ3) is 3.02. The summed E-state index contributed by atoms with van der Waals surface area (Å²) in [6, 6.07) is 5.55. The highest BCUT2D eigenvalue weighted by molar-refractivity contribution is 9.10. The van der Waals surface area contributed by atoms with Crippen molar-refractivity contribution in [1.29, 1.82) is 0 Å². The molecule has 1 atom stereocenters. The molecule has 0 unspecified atom stereocenters. The van der Waals surface area contributed by atoms with Gasteiger partial charge in [-0.05, 0) is 39.5 Å². The number of aliphatic carboxylic acids is 1. The van der Waals surface area contributed by atoms with Crippen molar-refractivity contribution in [2.45, 2.75) is 13.3 Å². The van der Waals surface area contributed by atoms with Crippen molar-refractivity contribution in [3.05, 3.63) is 27.5 Å². The Morgan fingerprint density at radius 1 is 1.40 bits per heavy atom. The molecule has 1 N–H and O–H groups in total. The van der Waals surface area contributed by atoms with E-state index in [1.54, 1.807) is 13.2 Å².